The maximum atomic E-state index is 12.1. The third kappa shape index (κ3) is 3.83. The van der Waals surface area contributed by atoms with E-state index in [-0.39, 0.29) is 6.42 Å². The van der Waals surface area contributed by atoms with Crippen molar-refractivity contribution in [2.24, 2.45) is 0 Å². The predicted molar refractivity (Wildman–Crippen MR) is 104 cm³/mol. The van der Waals surface area contributed by atoms with E-state index in [0.29, 0.717) is 22.4 Å². The Kier molecular flexibility index (Phi) is 5.53. The summed E-state index contributed by atoms with van der Waals surface area (Å²) in [5.74, 6) is -1.54. The van der Waals surface area contributed by atoms with E-state index in [2.05, 4.69) is 11.1 Å². The van der Waals surface area contributed by atoms with Crippen LogP contribution in [0.25, 0.3) is 11.1 Å². The highest BCUT2D eigenvalue weighted by Gasteiger charge is 2.29. The molecule has 0 saturated carbocycles. The number of thiazole rings is 1. The largest absolute Gasteiger partial charge is 0.496 e. The second kappa shape index (κ2) is 8.02. The van der Waals surface area contributed by atoms with Gasteiger partial charge >= 0.3 is 5.97 Å². The van der Waals surface area contributed by atoms with Crippen LogP contribution in [0.15, 0.2) is 48.7 Å². The molecule has 1 aromatic heterocycles. The summed E-state index contributed by atoms with van der Waals surface area (Å²) >= 11 is 1.46. The normalized spacial score (nSPS) is 11.6. The number of carboxylic acid groups (broad SMARTS) is 1. The molecule has 1 unspecified atom stereocenters. The molecule has 5 nitrogen and oxygen atoms in total. The molecule has 3 rings (SSSR count). The van der Waals surface area contributed by atoms with Crippen molar-refractivity contribution in [1.29, 1.82) is 5.26 Å². The molecule has 0 aliphatic carbocycles. The second-order valence-electron chi connectivity index (χ2n) is 6.04. The van der Waals surface area contributed by atoms with Crippen LogP contribution in [0, 0.1) is 18.3 Å². The fourth-order valence-electron chi connectivity index (χ4n) is 3.09. The van der Waals surface area contributed by atoms with E-state index in [4.69, 9.17) is 4.74 Å². The van der Waals surface area contributed by atoms with Gasteiger partial charge in [0.25, 0.3) is 0 Å². The molecule has 6 heteroatoms. The van der Waals surface area contributed by atoms with E-state index < -0.39 is 11.9 Å². The van der Waals surface area contributed by atoms with E-state index in [9.17, 15) is 15.2 Å². The van der Waals surface area contributed by atoms with Crippen molar-refractivity contribution < 1.29 is 14.6 Å². The summed E-state index contributed by atoms with van der Waals surface area (Å²) < 4.78 is 5.42. The Bertz CT molecular complexity index is 1010. The minimum absolute atomic E-state index is 0.205. The van der Waals surface area contributed by atoms with Crippen LogP contribution in [-0.2, 0) is 11.2 Å². The highest BCUT2D eigenvalue weighted by atomic mass is 32.1. The van der Waals surface area contributed by atoms with E-state index in [1.807, 2.05) is 37.3 Å². The number of rotatable bonds is 6. The van der Waals surface area contributed by atoms with E-state index in [1.54, 1.807) is 18.3 Å². The fraction of sp³-hybridized carbons (Fsp3) is 0.190. The highest BCUT2D eigenvalue weighted by molar-refractivity contribution is 7.11. The first kappa shape index (κ1) is 18.6. The first-order chi connectivity index (χ1) is 13.0. The van der Waals surface area contributed by atoms with E-state index in [1.165, 1.54) is 18.4 Å². The highest BCUT2D eigenvalue weighted by Crippen LogP contribution is 2.38. The van der Waals surface area contributed by atoms with Crippen molar-refractivity contribution in [3.8, 4) is 22.9 Å². The number of hydrogen-bond donors (Lipinski definition) is 1. The maximum Gasteiger partial charge on any atom is 0.311 e. The zero-order chi connectivity index (χ0) is 19.4. The molecule has 3 aromatic rings. The van der Waals surface area contributed by atoms with Crippen LogP contribution in [0.2, 0.25) is 0 Å². The average Bonchev–Trinajstić information content (AvgIpc) is 3.10. The summed E-state index contributed by atoms with van der Waals surface area (Å²) in [7, 11) is 1.48. The molecular weight excluding hydrogens is 360 g/mol. The van der Waals surface area contributed by atoms with Gasteiger partial charge in [-0.1, -0.05) is 30.3 Å². The van der Waals surface area contributed by atoms with Gasteiger partial charge in [0.1, 0.15) is 11.8 Å². The lowest BCUT2D eigenvalue weighted by atomic mass is 9.86. The summed E-state index contributed by atoms with van der Waals surface area (Å²) in [5.41, 5.74) is 2.26. The topological polar surface area (TPSA) is 83.2 Å². The van der Waals surface area contributed by atoms with Gasteiger partial charge in [0.2, 0.25) is 0 Å². The zero-order valence-electron chi connectivity index (χ0n) is 15.0. The molecular formula is C21H18N2O3S. The Balaban J connectivity index is 2.18. The lowest BCUT2D eigenvalue weighted by Gasteiger charge is -2.19. The molecule has 1 atom stereocenters. The molecule has 136 valence electrons. The van der Waals surface area contributed by atoms with Crippen LogP contribution in [-0.4, -0.2) is 23.2 Å². The summed E-state index contributed by atoms with van der Waals surface area (Å²) in [6.45, 7) is 1.92. The molecule has 0 bridgehead atoms. The number of aryl methyl sites for hydroxylation is 1. The number of hydrogen-bond acceptors (Lipinski definition) is 5. The SMILES string of the molecule is COc1ccc(-c2ccccc2)c(C#N)c1C(Cc1ncc(C)s1)C(=O)O. The van der Waals surface area contributed by atoms with Crippen molar-refractivity contribution in [3.63, 3.8) is 0 Å². The van der Waals surface area contributed by atoms with Gasteiger partial charge in [-0.2, -0.15) is 5.26 Å². The second-order valence-corrected chi connectivity index (χ2v) is 7.36. The molecule has 0 aliphatic heterocycles. The van der Waals surface area contributed by atoms with Gasteiger partial charge < -0.3 is 9.84 Å². The summed E-state index contributed by atoms with van der Waals surface area (Å²) in [6, 6.07) is 15.2. The minimum atomic E-state index is -1.01. The van der Waals surface area contributed by atoms with Crippen molar-refractivity contribution in [2.45, 2.75) is 19.3 Å². The number of benzene rings is 2. The third-order valence-electron chi connectivity index (χ3n) is 4.32. The lowest BCUT2D eigenvalue weighted by Crippen LogP contribution is -2.17. The van der Waals surface area contributed by atoms with Gasteiger partial charge in [0.05, 0.1) is 23.6 Å². The molecule has 0 spiro atoms. The lowest BCUT2D eigenvalue weighted by molar-refractivity contribution is -0.138. The standard InChI is InChI=1S/C21H18N2O3S/c1-13-12-23-19(27-13)10-16(21(24)25)20-17(11-22)15(8-9-18(20)26-2)14-6-4-3-5-7-14/h3-9,12,16H,10H2,1-2H3,(H,24,25). The van der Waals surface area contributed by atoms with Crippen molar-refractivity contribution in [1.82, 2.24) is 4.98 Å². The number of carbonyl (C=O) groups is 1. The molecule has 1 heterocycles. The van der Waals surface area contributed by atoms with Gasteiger partial charge in [-0.25, -0.2) is 4.98 Å². The van der Waals surface area contributed by atoms with Crippen LogP contribution < -0.4 is 4.74 Å². The first-order valence-corrected chi connectivity index (χ1v) is 9.17. The van der Waals surface area contributed by atoms with E-state index >= 15 is 0 Å². The summed E-state index contributed by atoms with van der Waals surface area (Å²) in [5, 5.41) is 20.5. The van der Waals surface area contributed by atoms with Crippen LogP contribution in [0.1, 0.15) is 26.9 Å². The van der Waals surface area contributed by atoms with Crippen molar-refractivity contribution in [3.05, 3.63) is 69.7 Å². The number of nitriles is 1. The van der Waals surface area contributed by atoms with Crippen LogP contribution in [0.4, 0.5) is 0 Å². The minimum Gasteiger partial charge on any atom is -0.496 e. The Morgan fingerprint density at radius 2 is 2.04 bits per heavy atom. The third-order valence-corrected chi connectivity index (χ3v) is 5.25. The van der Waals surface area contributed by atoms with Crippen LogP contribution in [0.3, 0.4) is 0 Å². The van der Waals surface area contributed by atoms with Gasteiger partial charge in [-0.15, -0.1) is 11.3 Å². The van der Waals surface area contributed by atoms with Gasteiger partial charge in [-0.3, -0.25) is 4.79 Å². The maximum absolute atomic E-state index is 12.1. The zero-order valence-corrected chi connectivity index (χ0v) is 15.8. The number of aliphatic carboxylic acids is 1. The first-order valence-electron chi connectivity index (χ1n) is 8.35. The molecule has 0 fully saturated rings. The van der Waals surface area contributed by atoms with Gasteiger partial charge in [0.15, 0.2) is 0 Å². The quantitative estimate of drug-likeness (QED) is 0.687. The smallest absolute Gasteiger partial charge is 0.311 e. The summed E-state index contributed by atoms with van der Waals surface area (Å²) in [4.78, 5) is 17.4. The van der Waals surface area contributed by atoms with Gasteiger partial charge in [-0.05, 0) is 24.6 Å². The number of ether oxygens (including phenoxy) is 1. The summed E-state index contributed by atoms with van der Waals surface area (Å²) in [6.07, 6.45) is 1.93. The van der Waals surface area contributed by atoms with Crippen LogP contribution >= 0.6 is 11.3 Å². The van der Waals surface area contributed by atoms with Crippen molar-refractivity contribution in [2.75, 3.05) is 7.11 Å². The number of methoxy groups -OCH3 is 1. The fourth-order valence-corrected chi connectivity index (χ4v) is 3.92. The molecule has 0 aliphatic rings. The predicted octanol–water partition coefficient (Wildman–Crippen LogP) is 4.41. The molecule has 0 amide bonds. The Labute approximate surface area is 161 Å². The average molecular weight is 378 g/mol. The number of nitrogens with zero attached hydrogens (tertiary/aromatic N) is 2. The Morgan fingerprint density at radius 1 is 1.30 bits per heavy atom. The monoisotopic (exact) mass is 378 g/mol. The Morgan fingerprint density at radius 3 is 2.59 bits per heavy atom. The molecule has 0 saturated heterocycles. The molecule has 0 radical (unpaired) electrons. The molecule has 2 aromatic carbocycles. The number of aromatic nitrogens is 1. The van der Waals surface area contributed by atoms with E-state index in [0.717, 1.165) is 15.4 Å². The molecule has 27 heavy (non-hydrogen) atoms. The van der Waals surface area contributed by atoms with Gasteiger partial charge in [0, 0.05) is 28.6 Å². The van der Waals surface area contributed by atoms with Crippen LogP contribution in [0.5, 0.6) is 5.75 Å². The molecule has 1 N–H and O–H groups in total. The number of carboxylic acids is 1. The Hall–Kier alpha value is -3.17. The van der Waals surface area contributed by atoms with Crippen molar-refractivity contribution >= 4 is 17.3 Å².